The van der Waals surface area contributed by atoms with Gasteiger partial charge in [-0.15, -0.1) is 0 Å². The van der Waals surface area contributed by atoms with Crippen molar-refractivity contribution >= 4 is 28.6 Å². The molecular weight excluding hydrogens is 516 g/mol. The number of piperidine rings is 1. The number of nitrogens with zero attached hydrogens (tertiary/aromatic N) is 4. The number of imidazole rings is 1. The molecular formula is C33H34N4O4. The summed E-state index contributed by atoms with van der Waals surface area (Å²) >= 11 is 0. The summed E-state index contributed by atoms with van der Waals surface area (Å²) in [6.45, 7) is 4.70. The van der Waals surface area contributed by atoms with Crippen molar-refractivity contribution in [3.8, 4) is 0 Å². The first-order chi connectivity index (χ1) is 20.0. The molecule has 1 amide bonds. The van der Waals surface area contributed by atoms with Crippen LogP contribution in [0.5, 0.6) is 0 Å². The largest absolute Gasteiger partial charge is 0.478 e. The van der Waals surface area contributed by atoms with Gasteiger partial charge in [0.1, 0.15) is 5.82 Å². The number of aromatic carboxylic acids is 1. The first-order valence-electron chi connectivity index (χ1n) is 14.6. The van der Waals surface area contributed by atoms with Crippen LogP contribution in [-0.2, 0) is 35.6 Å². The average Bonchev–Trinajstić information content (AvgIpc) is 3.31. The van der Waals surface area contributed by atoms with Crippen LogP contribution >= 0.6 is 0 Å². The maximum atomic E-state index is 13.2. The highest BCUT2D eigenvalue weighted by Gasteiger charge is 2.30. The Morgan fingerprint density at radius 3 is 2.54 bits per heavy atom. The van der Waals surface area contributed by atoms with Crippen LogP contribution in [0.2, 0.25) is 0 Å². The number of fused-ring (bicyclic) bond motifs is 2. The molecule has 4 heterocycles. The molecule has 41 heavy (non-hydrogen) atoms. The third kappa shape index (κ3) is 5.02. The minimum absolute atomic E-state index is 0.148. The highest BCUT2D eigenvalue weighted by atomic mass is 16.5. The molecule has 1 aromatic heterocycles. The molecule has 3 aliphatic heterocycles. The Balaban J connectivity index is 1.07. The molecule has 0 radical (unpaired) electrons. The van der Waals surface area contributed by atoms with Crippen LogP contribution in [0.15, 0.2) is 66.7 Å². The molecule has 1 atom stereocenters. The molecule has 3 aliphatic rings. The molecule has 0 bridgehead atoms. The van der Waals surface area contributed by atoms with E-state index in [4.69, 9.17) is 9.72 Å². The lowest BCUT2D eigenvalue weighted by Crippen LogP contribution is -2.38. The first-order valence-corrected chi connectivity index (χ1v) is 14.6. The molecule has 210 valence electrons. The van der Waals surface area contributed by atoms with Gasteiger partial charge in [0.05, 0.1) is 48.8 Å². The van der Waals surface area contributed by atoms with Gasteiger partial charge in [0.25, 0.3) is 0 Å². The second kappa shape index (κ2) is 10.8. The number of rotatable bonds is 7. The zero-order chi connectivity index (χ0) is 27.9. The molecule has 1 N–H and O–H groups in total. The molecule has 8 heteroatoms. The smallest absolute Gasteiger partial charge is 0.335 e. The zero-order valence-corrected chi connectivity index (χ0v) is 23.0. The van der Waals surface area contributed by atoms with E-state index in [1.165, 1.54) is 16.7 Å². The molecule has 7 rings (SSSR count). The Kier molecular flexibility index (Phi) is 6.80. The van der Waals surface area contributed by atoms with E-state index in [0.29, 0.717) is 32.0 Å². The number of ether oxygens (including phenoxy) is 1. The lowest BCUT2D eigenvalue weighted by atomic mass is 9.82. The predicted octanol–water partition coefficient (Wildman–Crippen LogP) is 4.99. The molecule has 0 spiro atoms. The van der Waals surface area contributed by atoms with Crippen LogP contribution in [0.4, 0.5) is 5.69 Å². The first kappa shape index (κ1) is 25.9. The minimum atomic E-state index is -0.930. The molecule has 0 aliphatic carbocycles. The number of hydrogen-bond acceptors (Lipinski definition) is 5. The normalized spacial score (nSPS) is 19.8. The van der Waals surface area contributed by atoms with E-state index in [9.17, 15) is 14.7 Å². The molecule has 0 saturated carbocycles. The molecule has 2 fully saturated rings. The van der Waals surface area contributed by atoms with Gasteiger partial charge in [-0.2, -0.15) is 0 Å². The van der Waals surface area contributed by atoms with Crippen LogP contribution in [-0.4, -0.2) is 57.2 Å². The fourth-order valence-corrected chi connectivity index (χ4v) is 6.61. The van der Waals surface area contributed by atoms with Gasteiger partial charge in [0.15, 0.2) is 0 Å². The van der Waals surface area contributed by atoms with Crippen LogP contribution in [0, 0.1) is 0 Å². The molecule has 2 saturated heterocycles. The number of likely N-dealkylation sites (tertiary alicyclic amines) is 1. The van der Waals surface area contributed by atoms with Crippen molar-refractivity contribution in [1.29, 1.82) is 0 Å². The number of carboxylic acids is 1. The summed E-state index contributed by atoms with van der Waals surface area (Å²) in [5, 5.41) is 9.53. The van der Waals surface area contributed by atoms with Crippen molar-refractivity contribution in [2.75, 3.05) is 24.6 Å². The van der Waals surface area contributed by atoms with Gasteiger partial charge in [0.2, 0.25) is 5.91 Å². The number of benzene rings is 3. The lowest BCUT2D eigenvalue weighted by Gasteiger charge is -2.35. The van der Waals surface area contributed by atoms with Gasteiger partial charge in [-0.1, -0.05) is 36.4 Å². The third-order valence-corrected chi connectivity index (χ3v) is 8.98. The van der Waals surface area contributed by atoms with Gasteiger partial charge in [-0.05, 0) is 85.3 Å². The third-order valence-electron chi connectivity index (χ3n) is 8.98. The highest BCUT2D eigenvalue weighted by Crippen LogP contribution is 2.36. The van der Waals surface area contributed by atoms with E-state index in [-0.39, 0.29) is 17.6 Å². The number of carboxylic acid groups (broad SMARTS) is 1. The van der Waals surface area contributed by atoms with E-state index in [2.05, 4.69) is 27.7 Å². The van der Waals surface area contributed by atoms with E-state index in [1.54, 1.807) is 12.1 Å². The lowest BCUT2D eigenvalue weighted by molar-refractivity contribution is -0.118. The number of para-hydroxylation sites is 1. The fraction of sp³-hybridized carbons (Fsp3) is 0.364. The number of amides is 1. The summed E-state index contributed by atoms with van der Waals surface area (Å²) in [7, 11) is 0. The van der Waals surface area contributed by atoms with E-state index < -0.39 is 5.97 Å². The maximum Gasteiger partial charge on any atom is 0.335 e. The monoisotopic (exact) mass is 550 g/mol. The topological polar surface area (TPSA) is 87.9 Å². The Morgan fingerprint density at radius 2 is 1.80 bits per heavy atom. The Hall–Kier alpha value is -4.01. The van der Waals surface area contributed by atoms with E-state index in [1.807, 2.05) is 41.3 Å². The quantitative estimate of drug-likeness (QED) is 0.349. The second-order valence-corrected chi connectivity index (χ2v) is 11.5. The predicted molar refractivity (Wildman–Crippen MR) is 156 cm³/mol. The van der Waals surface area contributed by atoms with Gasteiger partial charge in [-0.3, -0.25) is 9.69 Å². The number of carbonyl (C=O) groups excluding carboxylic acids is 1. The minimum Gasteiger partial charge on any atom is -0.478 e. The van der Waals surface area contributed by atoms with E-state index in [0.717, 1.165) is 61.5 Å². The van der Waals surface area contributed by atoms with Gasteiger partial charge in [-0.25, -0.2) is 9.78 Å². The highest BCUT2D eigenvalue weighted by molar-refractivity contribution is 5.96. The van der Waals surface area contributed by atoms with Crippen molar-refractivity contribution in [2.45, 2.75) is 57.3 Å². The zero-order valence-electron chi connectivity index (χ0n) is 23.0. The number of anilines is 1. The second-order valence-electron chi connectivity index (χ2n) is 11.5. The Bertz CT molecular complexity index is 1600. The standard InChI is InChI=1S/C33H34N4O4/c38-32-18-28-24(19-36(32)25-6-2-1-3-7-25)5-4-8-27(28)22-11-14-35(15-12-22)21-31-34-29-10-9-23(33(39)40)17-30(29)37(31)20-26-13-16-41-26/h1-10,17,22,26H,11-16,18-21H2,(H,39,40). The Labute approximate surface area is 239 Å². The van der Waals surface area contributed by atoms with Crippen LogP contribution < -0.4 is 4.90 Å². The van der Waals surface area contributed by atoms with Crippen LogP contribution in [0.1, 0.15) is 58.1 Å². The number of hydrogen-bond donors (Lipinski definition) is 1. The van der Waals surface area contributed by atoms with Gasteiger partial charge < -0.3 is 19.3 Å². The summed E-state index contributed by atoms with van der Waals surface area (Å²) < 4.78 is 7.88. The van der Waals surface area contributed by atoms with Crippen LogP contribution in [0.3, 0.4) is 0 Å². The summed E-state index contributed by atoms with van der Waals surface area (Å²) in [5.74, 6) is 0.618. The van der Waals surface area contributed by atoms with Gasteiger partial charge >= 0.3 is 5.97 Å². The SMILES string of the molecule is O=C(O)c1ccc2nc(CN3CCC(c4cccc5c4CC(=O)N(c4ccccc4)C5)CC3)n(CC3CCO3)c2c1. The average molecular weight is 551 g/mol. The Morgan fingerprint density at radius 1 is 1.00 bits per heavy atom. The van der Waals surface area contributed by atoms with Crippen molar-refractivity contribution in [2.24, 2.45) is 0 Å². The van der Waals surface area contributed by atoms with Crippen molar-refractivity contribution in [3.05, 3.63) is 94.8 Å². The summed E-state index contributed by atoms with van der Waals surface area (Å²) in [6.07, 6.45) is 3.67. The summed E-state index contributed by atoms with van der Waals surface area (Å²) in [5.41, 5.74) is 6.72. The van der Waals surface area contributed by atoms with Crippen LogP contribution in [0.25, 0.3) is 11.0 Å². The molecule has 8 nitrogen and oxygen atoms in total. The summed E-state index contributed by atoms with van der Waals surface area (Å²) in [4.78, 5) is 34.1. The van der Waals surface area contributed by atoms with E-state index >= 15 is 0 Å². The fourth-order valence-electron chi connectivity index (χ4n) is 6.61. The number of aromatic nitrogens is 2. The molecule has 4 aromatic rings. The maximum absolute atomic E-state index is 13.2. The van der Waals surface area contributed by atoms with Crippen molar-refractivity contribution < 1.29 is 19.4 Å². The van der Waals surface area contributed by atoms with Crippen molar-refractivity contribution in [1.82, 2.24) is 14.5 Å². The summed E-state index contributed by atoms with van der Waals surface area (Å²) in [6, 6.07) is 21.6. The van der Waals surface area contributed by atoms with Gasteiger partial charge in [0, 0.05) is 12.3 Å². The van der Waals surface area contributed by atoms with Crippen molar-refractivity contribution in [3.63, 3.8) is 0 Å². The molecule has 3 aromatic carbocycles. The molecule has 1 unspecified atom stereocenters. The number of carbonyl (C=O) groups is 2.